The van der Waals surface area contributed by atoms with E-state index in [0.717, 1.165) is 12.1 Å². The normalized spacial score (nSPS) is 20.7. The van der Waals surface area contributed by atoms with Gasteiger partial charge in [0, 0.05) is 30.5 Å². The van der Waals surface area contributed by atoms with E-state index in [-0.39, 0.29) is 5.56 Å². The summed E-state index contributed by atoms with van der Waals surface area (Å²) in [6, 6.07) is 5.98. The molecule has 0 spiro atoms. The Morgan fingerprint density at radius 1 is 1.42 bits per heavy atom. The summed E-state index contributed by atoms with van der Waals surface area (Å²) in [5.41, 5.74) is 2.09. The minimum Gasteiger partial charge on any atom is -0.343 e. The van der Waals surface area contributed by atoms with E-state index >= 15 is 0 Å². The van der Waals surface area contributed by atoms with Crippen molar-refractivity contribution in [3.8, 4) is 0 Å². The lowest BCUT2D eigenvalue weighted by Crippen LogP contribution is -2.28. The van der Waals surface area contributed by atoms with Gasteiger partial charge in [0.05, 0.1) is 0 Å². The Balaban J connectivity index is 1.76. The first kappa shape index (κ1) is 12.5. The van der Waals surface area contributed by atoms with E-state index in [1.54, 1.807) is 16.5 Å². The van der Waals surface area contributed by atoms with Crippen molar-refractivity contribution >= 4 is 5.65 Å². The zero-order chi connectivity index (χ0) is 13.4. The number of aromatic amines is 1. The fourth-order valence-electron chi connectivity index (χ4n) is 3.00. The molecule has 102 valence electrons. The predicted octanol–water partition coefficient (Wildman–Crippen LogP) is 1.90. The van der Waals surface area contributed by atoms with Gasteiger partial charge in [0.2, 0.25) is 0 Å². The Labute approximate surface area is 113 Å². The minimum absolute atomic E-state index is 0.0372. The third-order valence-electron chi connectivity index (χ3n) is 4.12. The molecule has 4 heteroatoms. The summed E-state index contributed by atoms with van der Waals surface area (Å²) < 4.78 is 1.70. The Hall–Kier alpha value is -1.55. The van der Waals surface area contributed by atoms with Crippen molar-refractivity contribution < 1.29 is 0 Å². The topological polar surface area (TPSA) is 40.5 Å². The maximum atomic E-state index is 11.7. The van der Waals surface area contributed by atoms with Gasteiger partial charge >= 0.3 is 0 Å². The first-order valence-corrected chi connectivity index (χ1v) is 7.07. The van der Waals surface area contributed by atoms with Crippen LogP contribution in [0.1, 0.15) is 26.0 Å². The molecular weight excluding hydrogens is 238 g/mol. The van der Waals surface area contributed by atoms with Crippen molar-refractivity contribution in [1.29, 1.82) is 0 Å². The van der Waals surface area contributed by atoms with Crippen molar-refractivity contribution in [1.82, 2.24) is 14.3 Å². The first-order valence-electron chi connectivity index (χ1n) is 7.07. The van der Waals surface area contributed by atoms with Crippen LogP contribution in [0.25, 0.3) is 5.65 Å². The summed E-state index contributed by atoms with van der Waals surface area (Å²) >= 11 is 0. The van der Waals surface area contributed by atoms with Gasteiger partial charge in [0.25, 0.3) is 5.56 Å². The maximum Gasteiger partial charge on any atom is 0.256 e. The number of H-pyrrole nitrogens is 1. The monoisotopic (exact) mass is 259 g/mol. The molecule has 0 bridgehead atoms. The zero-order valence-corrected chi connectivity index (χ0v) is 11.6. The SMILES string of the molecule is CC(C)N1CCC(Cc2cn3c(=O)cccc3[nH]2)C1. The molecule has 0 saturated carbocycles. The third-order valence-corrected chi connectivity index (χ3v) is 4.12. The van der Waals surface area contributed by atoms with Crippen molar-refractivity contribution in [3.05, 3.63) is 40.4 Å². The Morgan fingerprint density at radius 3 is 2.95 bits per heavy atom. The largest absolute Gasteiger partial charge is 0.343 e. The molecule has 4 nitrogen and oxygen atoms in total. The maximum absolute atomic E-state index is 11.7. The van der Waals surface area contributed by atoms with Crippen LogP contribution in [0.2, 0.25) is 0 Å². The van der Waals surface area contributed by atoms with E-state index in [9.17, 15) is 4.79 Å². The van der Waals surface area contributed by atoms with Crippen LogP contribution in [0.3, 0.4) is 0 Å². The molecule has 1 atom stereocenters. The van der Waals surface area contributed by atoms with Crippen LogP contribution in [-0.4, -0.2) is 33.4 Å². The van der Waals surface area contributed by atoms with E-state index < -0.39 is 0 Å². The zero-order valence-electron chi connectivity index (χ0n) is 11.6. The number of likely N-dealkylation sites (tertiary alicyclic amines) is 1. The number of hydrogen-bond donors (Lipinski definition) is 1. The van der Waals surface area contributed by atoms with Gasteiger partial charge in [-0.3, -0.25) is 9.20 Å². The van der Waals surface area contributed by atoms with E-state index in [2.05, 4.69) is 23.7 Å². The van der Waals surface area contributed by atoms with Crippen LogP contribution in [0.15, 0.2) is 29.2 Å². The molecule has 0 amide bonds. The summed E-state index contributed by atoms with van der Waals surface area (Å²) in [5, 5.41) is 0. The highest BCUT2D eigenvalue weighted by Crippen LogP contribution is 2.22. The number of pyridine rings is 1. The first-order chi connectivity index (χ1) is 9.13. The summed E-state index contributed by atoms with van der Waals surface area (Å²) in [7, 11) is 0. The van der Waals surface area contributed by atoms with Crippen LogP contribution in [0.5, 0.6) is 0 Å². The molecule has 0 aliphatic carbocycles. The summed E-state index contributed by atoms with van der Waals surface area (Å²) in [4.78, 5) is 17.6. The van der Waals surface area contributed by atoms with Crippen molar-refractivity contribution in [2.75, 3.05) is 13.1 Å². The summed E-state index contributed by atoms with van der Waals surface area (Å²) in [6.45, 7) is 6.88. The fraction of sp³-hybridized carbons (Fsp3) is 0.533. The molecule has 2 aromatic rings. The number of nitrogens with zero attached hydrogens (tertiary/aromatic N) is 2. The molecule has 1 aliphatic heterocycles. The van der Waals surface area contributed by atoms with E-state index in [1.165, 1.54) is 25.2 Å². The molecule has 1 aliphatic rings. The number of imidazole rings is 1. The molecule has 3 rings (SSSR count). The van der Waals surface area contributed by atoms with Crippen LogP contribution in [-0.2, 0) is 6.42 Å². The van der Waals surface area contributed by atoms with Crippen LogP contribution >= 0.6 is 0 Å². The second-order valence-electron chi connectivity index (χ2n) is 5.85. The number of aromatic nitrogens is 2. The van der Waals surface area contributed by atoms with Crippen LogP contribution < -0.4 is 5.56 Å². The molecule has 1 fully saturated rings. The molecule has 3 heterocycles. The molecule has 1 saturated heterocycles. The lowest BCUT2D eigenvalue weighted by Gasteiger charge is -2.20. The number of hydrogen-bond acceptors (Lipinski definition) is 2. The second-order valence-corrected chi connectivity index (χ2v) is 5.85. The number of rotatable bonds is 3. The van der Waals surface area contributed by atoms with Gasteiger partial charge in [-0.15, -0.1) is 0 Å². The van der Waals surface area contributed by atoms with Crippen molar-refractivity contribution in [3.63, 3.8) is 0 Å². The molecule has 2 aromatic heterocycles. The van der Waals surface area contributed by atoms with Crippen molar-refractivity contribution in [2.24, 2.45) is 5.92 Å². The van der Waals surface area contributed by atoms with Gasteiger partial charge in [-0.25, -0.2) is 0 Å². The highest BCUT2D eigenvalue weighted by Gasteiger charge is 2.24. The lowest BCUT2D eigenvalue weighted by atomic mass is 10.0. The number of nitrogens with one attached hydrogen (secondary N) is 1. The van der Waals surface area contributed by atoms with E-state index in [4.69, 9.17) is 0 Å². The average Bonchev–Trinajstić information content (AvgIpc) is 2.96. The molecule has 19 heavy (non-hydrogen) atoms. The smallest absolute Gasteiger partial charge is 0.256 e. The van der Waals surface area contributed by atoms with Gasteiger partial charge in [0.15, 0.2) is 0 Å². The van der Waals surface area contributed by atoms with Crippen LogP contribution in [0.4, 0.5) is 0 Å². The number of fused-ring (bicyclic) bond motifs is 1. The Morgan fingerprint density at radius 2 is 2.26 bits per heavy atom. The minimum atomic E-state index is 0.0372. The van der Waals surface area contributed by atoms with Gasteiger partial charge in [-0.05, 0) is 45.2 Å². The van der Waals surface area contributed by atoms with Crippen molar-refractivity contribution in [2.45, 2.75) is 32.7 Å². The standard InChI is InChI=1S/C15H21N3O/c1-11(2)17-7-6-12(9-17)8-13-10-18-14(16-13)4-3-5-15(18)19/h3-5,10-12,16H,6-9H2,1-2H3. The molecule has 1 N–H and O–H groups in total. The van der Waals surface area contributed by atoms with E-state index in [1.807, 2.05) is 12.3 Å². The highest BCUT2D eigenvalue weighted by molar-refractivity contribution is 5.39. The molecule has 1 unspecified atom stereocenters. The molecule has 0 radical (unpaired) electrons. The highest BCUT2D eigenvalue weighted by atomic mass is 16.1. The molecule has 0 aromatic carbocycles. The lowest BCUT2D eigenvalue weighted by molar-refractivity contribution is 0.265. The third kappa shape index (κ3) is 2.45. The quantitative estimate of drug-likeness (QED) is 0.914. The average molecular weight is 259 g/mol. The van der Waals surface area contributed by atoms with Gasteiger partial charge in [-0.1, -0.05) is 6.07 Å². The van der Waals surface area contributed by atoms with E-state index in [0.29, 0.717) is 12.0 Å². The Bertz CT molecular complexity index is 626. The summed E-state index contributed by atoms with van der Waals surface area (Å²) in [6.07, 6.45) is 4.24. The molecular formula is C15H21N3O. The van der Waals surface area contributed by atoms with Crippen LogP contribution in [0, 0.1) is 5.92 Å². The van der Waals surface area contributed by atoms with Gasteiger partial charge in [-0.2, -0.15) is 0 Å². The second kappa shape index (κ2) is 4.85. The van der Waals surface area contributed by atoms with Gasteiger partial charge < -0.3 is 9.88 Å². The van der Waals surface area contributed by atoms with Gasteiger partial charge in [0.1, 0.15) is 5.65 Å². The fourth-order valence-corrected chi connectivity index (χ4v) is 3.00. The Kier molecular flexibility index (Phi) is 3.19. The predicted molar refractivity (Wildman–Crippen MR) is 76.5 cm³/mol. The summed E-state index contributed by atoms with van der Waals surface area (Å²) in [5.74, 6) is 0.700.